The Hall–Kier alpha value is -0.870. The van der Waals surface area contributed by atoms with Gasteiger partial charge in [0.25, 0.3) is 0 Å². The molecule has 1 atom stereocenters. The van der Waals surface area contributed by atoms with E-state index in [4.69, 9.17) is 16.3 Å². The molecule has 1 saturated heterocycles. The maximum absolute atomic E-state index is 6.17. The van der Waals surface area contributed by atoms with Crippen LogP contribution in [-0.4, -0.2) is 28.7 Å². The molecule has 100 valence electrons. The highest BCUT2D eigenvalue weighted by molar-refractivity contribution is 6.30. The van der Waals surface area contributed by atoms with Gasteiger partial charge in [0.1, 0.15) is 16.8 Å². The number of hydrogen-bond acceptors (Lipinski definition) is 4. The highest BCUT2D eigenvalue weighted by Gasteiger charge is 2.30. The molecule has 1 fully saturated rings. The first kappa shape index (κ1) is 13.6. The molecule has 0 radical (unpaired) electrons. The SMILES string of the molecule is Cc1c(Cl)nc(C(C)C)nc1NC1(C)CCOC1. The second kappa shape index (κ2) is 5.02. The van der Waals surface area contributed by atoms with Crippen molar-refractivity contribution in [1.29, 1.82) is 0 Å². The zero-order chi connectivity index (χ0) is 13.3. The Labute approximate surface area is 113 Å². The summed E-state index contributed by atoms with van der Waals surface area (Å²) in [7, 11) is 0. The van der Waals surface area contributed by atoms with Crippen LogP contribution in [0.1, 0.15) is 44.5 Å². The van der Waals surface area contributed by atoms with E-state index in [9.17, 15) is 0 Å². The van der Waals surface area contributed by atoms with E-state index in [1.54, 1.807) is 0 Å². The Bertz CT molecular complexity index is 442. The summed E-state index contributed by atoms with van der Waals surface area (Å²) in [5.74, 6) is 1.86. The highest BCUT2D eigenvalue weighted by Crippen LogP contribution is 2.28. The fourth-order valence-electron chi connectivity index (χ4n) is 1.94. The molecule has 0 aliphatic carbocycles. The first-order valence-corrected chi connectivity index (χ1v) is 6.69. The largest absolute Gasteiger partial charge is 0.379 e. The van der Waals surface area contributed by atoms with Gasteiger partial charge in [-0.05, 0) is 20.3 Å². The van der Waals surface area contributed by atoms with Crippen LogP contribution in [0, 0.1) is 6.92 Å². The van der Waals surface area contributed by atoms with Crippen molar-refractivity contribution < 1.29 is 4.74 Å². The van der Waals surface area contributed by atoms with E-state index < -0.39 is 0 Å². The van der Waals surface area contributed by atoms with Gasteiger partial charge in [-0.1, -0.05) is 25.4 Å². The van der Waals surface area contributed by atoms with Crippen LogP contribution in [0.5, 0.6) is 0 Å². The van der Waals surface area contributed by atoms with Crippen molar-refractivity contribution in [3.05, 3.63) is 16.5 Å². The quantitative estimate of drug-likeness (QED) is 0.857. The summed E-state index contributed by atoms with van der Waals surface area (Å²) < 4.78 is 5.44. The van der Waals surface area contributed by atoms with Crippen molar-refractivity contribution in [2.75, 3.05) is 18.5 Å². The van der Waals surface area contributed by atoms with Gasteiger partial charge in [0.15, 0.2) is 0 Å². The molecule has 1 aliphatic rings. The number of hydrogen-bond donors (Lipinski definition) is 1. The van der Waals surface area contributed by atoms with Crippen molar-refractivity contribution in [3.8, 4) is 0 Å². The van der Waals surface area contributed by atoms with Gasteiger partial charge >= 0.3 is 0 Å². The molecule has 1 aromatic heterocycles. The van der Waals surface area contributed by atoms with Crippen molar-refractivity contribution >= 4 is 17.4 Å². The zero-order valence-corrected chi connectivity index (χ0v) is 12.1. The molecular formula is C13H20ClN3O. The van der Waals surface area contributed by atoms with Gasteiger partial charge < -0.3 is 10.1 Å². The van der Waals surface area contributed by atoms with Crippen LogP contribution in [0.2, 0.25) is 5.15 Å². The molecule has 5 heteroatoms. The molecule has 4 nitrogen and oxygen atoms in total. The molecule has 0 spiro atoms. The maximum atomic E-state index is 6.17. The van der Waals surface area contributed by atoms with Gasteiger partial charge in [0.05, 0.1) is 12.1 Å². The van der Waals surface area contributed by atoms with Crippen LogP contribution >= 0.6 is 11.6 Å². The predicted octanol–water partition coefficient (Wildman–Crippen LogP) is 3.15. The monoisotopic (exact) mass is 269 g/mol. The zero-order valence-electron chi connectivity index (χ0n) is 11.4. The van der Waals surface area contributed by atoms with Crippen LogP contribution in [0.25, 0.3) is 0 Å². The lowest BCUT2D eigenvalue weighted by Gasteiger charge is -2.26. The minimum absolute atomic E-state index is 0.0588. The van der Waals surface area contributed by atoms with E-state index in [1.165, 1.54) is 0 Å². The van der Waals surface area contributed by atoms with Crippen LogP contribution in [-0.2, 0) is 4.74 Å². The Morgan fingerprint density at radius 2 is 2.11 bits per heavy atom. The molecule has 2 rings (SSSR count). The summed E-state index contributed by atoms with van der Waals surface area (Å²) in [4.78, 5) is 8.89. The number of halogens is 1. The Morgan fingerprint density at radius 1 is 1.39 bits per heavy atom. The second-order valence-corrected chi connectivity index (χ2v) is 5.85. The summed E-state index contributed by atoms with van der Waals surface area (Å²) in [6.07, 6.45) is 0.977. The van der Waals surface area contributed by atoms with Crippen molar-refractivity contribution in [3.63, 3.8) is 0 Å². The number of aromatic nitrogens is 2. The standard InChI is InChI=1S/C13H20ClN3O/c1-8(2)11-15-10(14)9(3)12(16-11)17-13(4)5-6-18-7-13/h8H,5-7H2,1-4H3,(H,15,16,17). The molecule has 0 amide bonds. The molecule has 1 N–H and O–H groups in total. The van der Waals surface area contributed by atoms with Crippen LogP contribution in [0.15, 0.2) is 0 Å². The van der Waals surface area contributed by atoms with Crippen LogP contribution < -0.4 is 5.32 Å². The maximum Gasteiger partial charge on any atom is 0.137 e. The summed E-state index contributed by atoms with van der Waals surface area (Å²) in [6, 6.07) is 0. The third-order valence-electron chi connectivity index (χ3n) is 3.26. The topological polar surface area (TPSA) is 47.0 Å². The average molecular weight is 270 g/mol. The van der Waals surface area contributed by atoms with Gasteiger partial charge in [0.2, 0.25) is 0 Å². The van der Waals surface area contributed by atoms with Crippen molar-refractivity contribution in [2.45, 2.75) is 45.6 Å². The lowest BCUT2D eigenvalue weighted by molar-refractivity contribution is 0.185. The van der Waals surface area contributed by atoms with Gasteiger partial charge in [-0.25, -0.2) is 9.97 Å². The molecule has 1 unspecified atom stereocenters. The third-order valence-corrected chi connectivity index (χ3v) is 3.63. The number of nitrogens with one attached hydrogen (secondary N) is 1. The van der Waals surface area contributed by atoms with Crippen LogP contribution in [0.3, 0.4) is 0 Å². The summed E-state index contributed by atoms with van der Waals surface area (Å²) >= 11 is 6.17. The van der Waals surface area contributed by atoms with Gasteiger partial charge in [-0.15, -0.1) is 0 Å². The molecule has 0 bridgehead atoms. The summed E-state index contributed by atoms with van der Waals surface area (Å²) in [5, 5.41) is 3.99. The van der Waals surface area contributed by atoms with Crippen molar-refractivity contribution in [2.24, 2.45) is 0 Å². The molecular weight excluding hydrogens is 250 g/mol. The van der Waals surface area contributed by atoms with Crippen molar-refractivity contribution in [1.82, 2.24) is 9.97 Å². The minimum atomic E-state index is -0.0588. The fraction of sp³-hybridized carbons (Fsp3) is 0.692. The number of anilines is 1. The first-order valence-electron chi connectivity index (χ1n) is 6.31. The van der Waals surface area contributed by atoms with E-state index in [0.29, 0.717) is 11.8 Å². The second-order valence-electron chi connectivity index (χ2n) is 5.49. The normalized spacial score (nSPS) is 23.7. The molecule has 0 saturated carbocycles. The first-order chi connectivity index (χ1) is 8.41. The van der Waals surface area contributed by atoms with E-state index >= 15 is 0 Å². The van der Waals surface area contributed by atoms with Crippen LogP contribution in [0.4, 0.5) is 5.82 Å². The molecule has 0 aromatic carbocycles. The molecule has 1 aliphatic heterocycles. The average Bonchev–Trinajstić information content (AvgIpc) is 2.71. The lowest BCUT2D eigenvalue weighted by atomic mass is 10.0. The fourth-order valence-corrected chi connectivity index (χ4v) is 2.11. The highest BCUT2D eigenvalue weighted by atomic mass is 35.5. The van der Waals surface area contributed by atoms with Gasteiger partial charge in [-0.3, -0.25) is 0 Å². The predicted molar refractivity (Wildman–Crippen MR) is 73.3 cm³/mol. The molecule has 18 heavy (non-hydrogen) atoms. The third kappa shape index (κ3) is 2.75. The smallest absolute Gasteiger partial charge is 0.137 e. The number of rotatable bonds is 3. The Morgan fingerprint density at radius 3 is 2.67 bits per heavy atom. The van der Waals surface area contributed by atoms with E-state index in [1.807, 2.05) is 6.92 Å². The Balaban J connectivity index is 2.31. The lowest BCUT2D eigenvalue weighted by Crippen LogP contribution is -2.35. The van der Waals surface area contributed by atoms with Gasteiger partial charge in [0, 0.05) is 18.1 Å². The number of ether oxygens (including phenoxy) is 1. The molecule has 1 aromatic rings. The van der Waals surface area contributed by atoms with Gasteiger partial charge in [-0.2, -0.15) is 0 Å². The van der Waals surface area contributed by atoms with E-state index in [0.717, 1.165) is 30.2 Å². The summed E-state index contributed by atoms with van der Waals surface area (Å²) in [6.45, 7) is 9.69. The Kier molecular flexibility index (Phi) is 3.78. The summed E-state index contributed by atoms with van der Waals surface area (Å²) in [5.41, 5.74) is 0.839. The van der Waals surface area contributed by atoms with E-state index in [2.05, 4.69) is 36.1 Å². The minimum Gasteiger partial charge on any atom is -0.379 e. The number of nitrogens with zero attached hydrogens (tertiary/aromatic N) is 2. The van der Waals surface area contributed by atoms with E-state index in [-0.39, 0.29) is 11.5 Å². The molecule has 2 heterocycles.